The quantitative estimate of drug-likeness (QED) is 0.840. The van der Waals surface area contributed by atoms with Crippen LogP contribution in [0.4, 0.5) is 0 Å². The predicted molar refractivity (Wildman–Crippen MR) is 79.7 cm³/mol. The first kappa shape index (κ1) is 15.9. The van der Waals surface area contributed by atoms with E-state index in [-0.39, 0.29) is 5.92 Å². The number of hydrogen-bond donors (Lipinski definition) is 1. The van der Waals surface area contributed by atoms with Crippen molar-refractivity contribution in [2.75, 3.05) is 6.61 Å². The van der Waals surface area contributed by atoms with Crippen molar-refractivity contribution in [1.29, 1.82) is 0 Å². The lowest BCUT2D eigenvalue weighted by Gasteiger charge is -2.17. The number of benzene rings is 1. The fourth-order valence-electron chi connectivity index (χ4n) is 2.27. The largest absolute Gasteiger partial charge is 0.494 e. The van der Waals surface area contributed by atoms with Crippen LogP contribution in [0.3, 0.4) is 0 Å². The monoisotopic (exact) mass is 304 g/mol. The molecule has 7 nitrogen and oxygen atoms in total. The van der Waals surface area contributed by atoms with Crippen LogP contribution in [-0.4, -0.2) is 37.9 Å². The summed E-state index contributed by atoms with van der Waals surface area (Å²) in [7, 11) is 0. The Balaban J connectivity index is 2.20. The fraction of sp³-hybridized carbons (Fsp3) is 0.467. The Morgan fingerprint density at radius 2 is 2.00 bits per heavy atom. The molecule has 0 saturated carbocycles. The molecular formula is C15H20N4O3. The standard InChI is InChI=1S/C15H20N4O3/c1-4-22-12-7-5-11(6-8-12)9-13-16-17-18-19(13)14(10(2)3)15(20)21/h5-8,10,14H,4,9H2,1-3H3,(H,20,21). The highest BCUT2D eigenvalue weighted by Crippen LogP contribution is 2.20. The van der Waals surface area contributed by atoms with Gasteiger partial charge in [-0.25, -0.2) is 9.48 Å². The van der Waals surface area contributed by atoms with Crippen molar-refractivity contribution >= 4 is 5.97 Å². The molecule has 0 aliphatic heterocycles. The molecule has 0 aliphatic rings. The van der Waals surface area contributed by atoms with Gasteiger partial charge in [-0.15, -0.1) is 5.10 Å². The van der Waals surface area contributed by atoms with Crippen molar-refractivity contribution in [3.05, 3.63) is 35.7 Å². The maximum absolute atomic E-state index is 11.4. The summed E-state index contributed by atoms with van der Waals surface area (Å²) < 4.78 is 6.79. The first-order valence-corrected chi connectivity index (χ1v) is 7.24. The highest BCUT2D eigenvalue weighted by atomic mass is 16.5. The third kappa shape index (κ3) is 3.60. The highest BCUT2D eigenvalue weighted by Gasteiger charge is 2.27. The summed E-state index contributed by atoms with van der Waals surface area (Å²) >= 11 is 0. The average molecular weight is 304 g/mol. The Morgan fingerprint density at radius 1 is 1.32 bits per heavy atom. The second-order valence-corrected chi connectivity index (χ2v) is 5.32. The first-order valence-electron chi connectivity index (χ1n) is 7.24. The third-order valence-corrected chi connectivity index (χ3v) is 3.31. The van der Waals surface area contributed by atoms with E-state index < -0.39 is 12.0 Å². The van der Waals surface area contributed by atoms with E-state index in [2.05, 4.69) is 15.5 Å². The molecule has 7 heteroatoms. The molecule has 0 spiro atoms. The van der Waals surface area contributed by atoms with Crippen LogP contribution in [0.15, 0.2) is 24.3 Å². The van der Waals surface area contributed by atoms with Crippen molar-refractivity contribution in [2.24, 2.45) is 5.92 Å². The molecule has 2 aromatic rings. The van der Waals surface area contributed by atoms with Crippen LogP contribution in [0.1, 0.15) is 38.2 Å². The highest BCUT2D eigenvalue weighted by molar-refractivity contribution is 5.72. The van der Waals surface area contributed by atoms with Gasteiger partial charge in [0.25, 0.3) is 0 Å². The fourth-order valence-corrected chi connectivity index (χ4v) is 2.27. The van der Waals surface area contributed by atoms with Gasteiger partial charge in [-0.05, 0) is 41.0 Å². The zero-order valence-electron chi connectivity index (χ0n) is 12.9. The molecule has 1 atom stereocenters. The smallest absolute Gasteiger partial charge is 0.328 e. The van der Waals surface area contributed by atoms with Gasteiger partial charge in [0.05, 0.1) is 6.61 Å². The Morgan fingerprint density at radius 3 is 2.55 bits per heavy atom. The minimum atomic E-state index is -0.935. The molecule has 0 radical (unpaired) electrons. The second-order valence-electron chi connectivity index (χ2n) is 5.32. The van der Waals surface area contributed by atoms with E-state index in [0.717, 1.165) is 11.3 Å². The summed E-state index contributed by atoms with van der Waals surface area (Å²) in [5, 5.41) is 20.8. The molecule has 1 heterocycles. The van der Waals surface area contributed by atoms with Crippen molar-refractivity contribution in [3.8, 4) is 5.75 Å². The van der Waals surface area contributed by atoms with E-state index in [9.17, 15) is 9.90 Å². The molecule has 0 fully saturated rings. The van der Waals surface area contributed by atoms with Gasteiger partial charge in [0, 0.05) is 6.42 Å². The SMILES string of the molecule is CCOc1ccc(Cc2nnnn2C(C(=O)O)C(C)C)cc1. The van der Waals surface area contributed by atoms with Crippen LogP contribution in [-0.2, 0) is 11.2 Å². The molecule has 0 saturated heterocycles. The van der Waals surface area contributed by atoms with Gasteiger partial charge >= 0.3 is 5.97 Å². The lowest BCUT2D eigenvalue weighted by molar-refractivity contribution is -0.142. The Bertz CT molecular complexity index is 622. The second kappa shape index (κ2) is 7.02. The van der Waals surface area contributed by atoms with Gasteiger partial charge in [-0.2, -0.15) is 0 Å². The minimum absolute atomic E-state index is 0.111. The van der Waals surface area contributed by atoms with Crippen molar-refractivity contribution in [2.45, 2.75) is 33.2 Å². The van der Waals surface area contributed by atoms with E-state index in [1.54, 1.807) is 0 Å². The summed E-state index contributed by atoms with van der Waals surface area (Å²) in [6, 6.07) is 6.84. The zero-order chi connectivity index (χ0) is 16.1. The number of aromatic nitrogens is 4. The summed E-state index contributed by atoms with van der Waals surface area (Å²) in [6.45, 7) is 6.22. The van der Waals surface area contributed by atoms with Gasteiger partial charge in [-0.3, -0.25) is 0 Å². The first-order chi connectivity index (χ1) is 10.5. The summed E-state index contributed by atoms with van der Waals surface area (Å²) in [4.78, 5) is 11.4. The van der Waals surface area contributed by atoms with Crippen LogP contribution in [0.25, 0.3) is 0 Å². The summed E-state index contributed by atoms with van der Waals surface area (Å²) in [6.07, 6.45) is 0.468. The van der Waals surface area contributed by atoms with Crippen LogP contribution in [0.2, 0.25) is 0 Å². The number of tetrazole rings is 1. The van der Waals surface area contributed by atoms with Crippen molar-refractivity contribution < 1.29 is 14.6 Å². The number of aliphatic carboxylic acids is 1. The van der Waals surface area contributed by atoms with Crippen LogP contribution < -0.4 is 4.74 Å². The molecule has 22 heavy (non-hydrogen) atoms. The molecule has 2 rings (SSSR count). The molecule has 1 aromatic heterocycles. The van der Waals surface area contributed by atoms with Crippen molar-refractivity contribution in [1.82, 2.24) is 20.2 Å². The van der Waals surface area contributed by atoms with E-state index in [0.29, 0.717) is 18.9 Å². The number of carbonyl (C=O) groups is 1. The lowest BCUT2D eigenvalue weighted by atomic mass is 10.0. The van der Waals surface area contributed by atoms with E-state index in [1.165, 1.54) is 4.68 Å². The van der Waals surface area contributed by atoms with E-state index in [1.807, 2.05) is 45.0 Å². The Kier molecular flexibility index (Phi) is 5.08. The van der Waals surface area contributed by atoms with Crippen LogP contribution in [0.5, 0.6) is 5.75 Å². The Labute approximate surface area is 128 Å². The molecule has 0 bridgehead atoms. The third-order valence-electron chi connectivity index (χ3n) is 3.31. The summed E-state index contributed by atoms with van der Waals surface area (Å²) in [5.41, 5.74) is 0.993. The van der Waals surface area contributed by atoms with Gasteiger partial charge in [0.2, 0.25) is 0 Å². The van der Waals surface area contributed by atoms with Crippen LogP contribution in [0, 0.1) is 5.92 Å². The van der Waals surface area contributed by atoms with Crippen LogP contribution >= 0.6 is 0 Å². The lowest BCUT2D eigenvalue weighted by Crippen LogP contribution is -2.27. The molecule has 118 valence electrons. The van der Waals surface area contributed by atoms with E-state index >= 15 is 0 Å². The molecule has 0 amide bonds. The van der Waals surface area contributed by atoms with Gasteiger partial charge in [0.15, 0.2) is 11.9 Å². The molecule has 1 unspecified atom stereocenters. The average Bonchev–Trinajstić information content (AvgIpc) is 2.88. The number of carboxylic acid groups (broad SMARTS) is 1. The maximum Gasteiger partial charge on any atom is 0.328 e. The van der Waals surface area contributed by atoms with Gasteiger partial charge in [-0.1, -0.05) is 26.0 Å². The number of hydrogen-bond acceptors (Lipinski definition) is 5. The zero-order valence-corrected chi connectivity index (χ0v) is 12.9. The van der Waals surface area contributed by atoms with Gasteiger partial charge < -0.3 is 9.84 Å². The number of nitrogens with zero attached hydrogens (tertiary/aromatic N) is 4. The molecule has 1 aromatic carbocycles. The number of rotatable bonds is 7. The normalized spacial score (nSPS) is 12.4. The predicted octanol–water partition coefficient (Wildman–Crippen LogP) is 1.94. The molecule has 0 aliphatic carbocycles. The number of carboxylic acids is 1. The van der Waals surface area contributed by atoms with Gasteiger partial charge in [0.1, 0.15) is 5.75 Å². The maximum atomic E-state index is 11.4. The number of ether oxygens (including phenoxy) is 1. The summed E-state index contributed by atoms with van der Waals surface area (Å²) in [5.74, 6) is 0.289. The van der Waals surface area contributed by atoms with E-state index in [4.69, 9.17) is 4.74 Å². The molecular weight excluding hydrogens is 284 g/mol. The van der Waals surface area contributed by atoms with Crippen molar-refractivity contribution in [3.63, 3.8) is 0 Å². The topological polar surface area (TPSA) is 90.1 Å². The molecule has 1 N–H and O–H groups in total. The minimum Gasteiger partial charge on any atom is -0.494 e. The Hall–Kier alpha value is -2.44.